The summed E-state index contributed by atoms with van der Waals surface area (Å²) in [6.45, 7) is 2.71. The average Bonchev–Trinajstić information content (AvgIpc) is 2.41. The van der Waals surface area contributed by atoms with Crippen molar-refractivity contribution in [2.75, 3.05) is 33.2 Å². The molecule has 0 bridgehead atoms. The third-order valence-corrected chi connectivity index (χ3v) is 3.59. The van der Waals surface area contributed by atoms with Crippen LogP contribution in [0.4, 0.5) is 13.2 Å². The molecule has 1 fully saturated rings. The van der Waals surface area contributed by atoms with E-state index in [1.807, 2.05) is 18.0 Å². The van der Waals surface area contributed by atoms with Gasteiger partial charge in [0.15, 0.2) is 0 Å². The molecule has 0 radical (unpaired) electrons. The molecule has 3 nitrogen and oxygen atoms in total. The van der Waals surface area contributed by atoms with E-state index in [0.29, 0.717) is 13.1 Å². The van der Waals surface area contributed by atoms with Crippen LogP contribution in [0.1, 0.15) is 17.2 Å². The van der Waals surface area contributed by atoms with Crippen LogP contribution in [-0.4, -0.2) is 43.0 Å². The molecule has 1 aliphatic heterocycles. The lowest BCUT2D eigenvalue weighted by Gasteiger charge is -2.35. The van der Waals surface area contributed by atoms with Gasteiger partial charge in [-0.2, -0.15) is 18.4 Å². The van der Waals surface area contributed by atoms with Gasteiger partial charge >= 0.3 is 6.18 Å². The zero-order chi connectivity index (χ0) is 14.8. The first-order valence-electron chi connectivity index (χ1n) is 6.42. The van der Waals surface area contributed by atoms with Crippen LogP contribution in [0.3, 0.4) is 0 Å². The standard InChI is InChI=1S/C14H16F3N3/c1-19-6-8-20(9-7-19)13(10-18)11-4-2-3-5-12(11)14(15,16)17/h2-5,13H,6-9H2,1H3. The Balaban J connectivity index is 2.31. The van der Waals surface area contributed by atoms with Gasteiger partial charge in [-0.15, -0.1) is 0 Å². The molecule has 1 atom stereocenters. The van der Waals surface area contributed by atoms with Gasteiger partial charge in [-0.05, 0) is 18.7 Å². The molecule has 2 rings (SSSR count). The van der Waals surface area contributed by atoms with Crippen molar-refractivity contribution in [1.82, 2.24) is 9.80 Å². The monoisotopic (exact) mass is 283 g/mol. The smallest absolute Gasteiger partial charge is 0.304 e. The number of halogens is 3. The molecule has 20 heavy (non-hydrogen) atoms. The van der Waals surface area contributed by atoms with Crippen molar-refractivity contribution >= 4 is 0 Å². The summed E-state index contributed by atoms with van der Waals surface area (Å²) in [7, 11) is 1.96. The van der Waals surface area contributed by atoms with Crippen LogP contribution in [0, 0.1) is 11.3 Å². The van der Waals surface area contributed by atoms with E-state index in [4.69, 9.17) is 0 Å². The molecular weight excluding hydrogens is 267 g/mol. The number of benzene rings is 1. The van der Waals surface area contributed by atoms with Crippen molar-refractivity contribution in [1.29, 1.82) is 5.26 Å². The van der Waals surface area contributed by atoms with E-state index in [-0.39, 0.29) is 5.56 Å². The summed E-state index contributed by atoms with van der Waals surface area (Å²) in [5.41, 5.74) is -0.669. The van der Waals surface area contributed by atoms with Gasteiger partial charge in [-0.1, -0.05) is 18.2 Å². The van der Waals surface area contributed by atoms with Crippen molar-refractivity contribution in [3.63, 3.8) is 0 Å². The number of nitrogens with zero attached hydrogens (tertiary/aromatic N) is 3. The van der Waals surface area contributed by atoms with Crippen molar-refractivity contribution in [3.05, 3.63) is 35.4 Å². The first-order valence-corrected chi connectivity index (χ1v) is 6.42. The van der Waals surface area contributed by atoms with Crippen LogP contribution in [0.2, 0.25) is 0 Å². The molecule has 0 saturated carbocycles. The minimum absolute atomic E-state index is 0.0482. The summed E-state index contributed by atoms with van der Waals surface area (Å²) in [5.74, 6) is 0. The lowest BCUT2D eigenvalue weighted by atomic mass is 9.99. The number of alkyl halides is 3. The van der Waals surface area contributed by atoms with Gasteiger partial charge in [-0.25, -0.2) is 0 Å². The number of hydrogen-bond donors (Lipinski definition) is 0. The van der Waals surface area contributed by atoms with E-state index in [1.54, 1.807) is 6.07 Å². The lowest BCUT2D eigenvalue weighted by molar-refractivity contribution is -0.138. The quantitative estimate of drug-likeness (QED) is 0.835. The Morgan fingerprint density at radius 2 is 1.75 bits per heavy atom. The fourth-order valence-electron chi connectivity index (χ4n) is 2.42. The van der Waals surface area contributed by atoms with Crippen LogP contribution in [0.25, 0.3) is 0 Å². The molecule has 1 aliphatic rings. The molecule has 0 aliphatic carbocycles. The summed E-state index contributed by atoms with van der Waals surface area (Å²) >= 11 is 0. The minimum atomic E-state index is -4.43. The first-order chi connectivity index (χ1) is 9.43. The van der Waals surface area contributed by atoms with E-state index in [9.17, 15) is 18.4 Å². The predicted molar refractivity (Wildman–Crippen MR) is 68.9 cm³/mol. The Kier molecular flexibility index (Phi) is 4.31. The lowest BCUT2D eigenvalue weighted by Crippen LogP contribution is -2.45. The molecule has 0 aromatic heterocycles. The van der Waals surface area contributed by atoms with Crippen LogP contribution in [0.15, 0.2) is 24.3 Å². The molecule has 0 amide bonds. The predicted octanol–water partition coefficient (Wildman–Crippen LogP) is 2.52. The van der Waals surface area contributed by atoms with Gasteiger partial charge < -0.3 is 4.90 Å². The highest BCUT2D eigenvalue weighted by molar-refractivity contribution is 5.35. The van der Waals surface area contributed by atoms with E-state index >= 15 is 0 Å². The molecule has 1 aromatic rings. The Morgan fingerprint density at radius 3 is 2.30 bits per heavy atom. The topological polar surface area (TPSA) is 30.3 Å². The summed E-state index contributed by atoms with van der Waals surface area (Å²) in [6, 6.07) is 6.51. The molecule has 6 heteroatoms. The summed E-state index contributed by atoms with van der Waals surface area (Å²) < 4.78 is 39.1. The van der Waals surface area contributed by atoms with E-state index in [0.717, 1.165) is 19.2 Å². The van der Waals surface area contributed by atoms with Crippen molar-refractivity contribution in [2.45, 2.75) is 12.2 Å². The number of rotatable bonds is 2. The zero-order valence-electron chi connectivity index (χ0n) is 11.2. The Labute approximate surface area is 116 Å². The number of hydrogen-bond acceptors (Lipinski definition) is 3. The van der Waals surface area contributed by atoms with Crippen molar-refractivity contribution in [2.24, 2.45) is 0 Å². The maximum atomic E-state index is 13.0. The molecule has 1 unspecified atom stereocenters. The molecular formula is C14H16F3N3. The first kappa shape index (κ1) is 14.8. The molecule has 1 heterocycles. The molecule has 1 aromatic carbocycles. The maximum absolute atomic E-state index is 13.0. The molecule has 1 saturated heterocycles. The fourth-order valence-corrected chi connectivity index (χ4v) is 2.42. The summed E-state index contributed by atoms with van der Waals surface area (Å²) in [4.78, 5) is 3.91. The molecule has 108 valence electrons. The second-order valence-corrected chi connectivity index (χ2v) is 4.96. The minimum Gasteiger partial charge on any atom is -0.304 e. The second-order valence-electron chi connectivity index (χ2n) is 4.96. The van der Waals surface area contributed by atoms with Crippen LogP contribution in [-0.2, 0) is 6.18 Å². The van der Waals surface area contributed by atoms with Gasteiger partial charge in [0.25, 0.3) is 0 Å². The van der Waals surface area contributed by atoms with E-state index in [1.165, 1.54) is 12.1 Å². The van der Waals surface area contributed by atoms with Crippen LogP contribution in [0.5, 0.6) is 0 Å². The van der Waals surface area contributed by atoms with Gasteiger partial charge in [0.2, 0.25) is 0 Å². The number of piperazine rings is 1. The van der Waals surface area contributed by atoms with Crippen LogP contribution >= 0.6 is 0 Å². The normalized spacial score (nSPS) is 19.6. The highest BCUT2D eigenvalue weighted by atomic mass is 19.4. The largest absolute Gasteiger partial charge is 0.416 e. The molecule has 0 N–H and O–H groups in total. The van der Waals surface area contributed by atoms with E-state index < -0.39 is 17.8 Å². The van der Waals surface area contributed by atoms with Gasteiger partial charge in [0, 0.05) is 26.2 Å². The van der Waals surface area contributed by atoms with Crippen LogP contribution < -0.4 is 0 Å². The number of likely N-dealkylation sites (N-methyl/N-ethyl adjacent to an activating group) is 1. The fraction of sp³-hybridized carbons (Fsp3) is 0.500. The Morgan fingerprint density at radius 1 is 1.15 bits per heavy atom. The number of nitriles is 1. The Hall–Kier alpha value is -1.58. The highest BCUT2D eigenvalue weighted by Gasteiger charge is 2.36. The van der Waals surface area contributed by atoms with Gasteiger partial charge in [0.05, 0.1) is 11.6 Å². The third-order valence-electron chi connectivity index (χ3n) is 3.59. The highest BCUT2D eigenvalue weighted by Crippen LogP contribution is 2.36. The van der Waals surface area contributed by atoms with E-state index in [2.05, 4.69) is 4.90 Å². The SMILES string of the molecule is CN1CCN(C(C#N)c2ccccc2C(F)(F)F)CC1. The van der Waals surface area contributed by atoms with Gasteiger partial charge in [-0.3, -0.25) is 4.90 Å². The summed E-state index contributed by atoms with van der Waals surface area (Å²) in [5, 5.41) is 9.32. The zero-order valence-corrected chi connectivity index (χ0v) is 11.2. The second kappa shape index (κ2) is 5.81. The van der Waals surface area contributed by atoms with Crippen molar-refractivity contribution in [3.8, 4) is 6.07 Å². The Bertz CT molecular complexity index is 499. The average molecular weight is 283 g/mol. The third kappa shape index (κ3) is 3.11. The van der Waals surface area contributed by atoms with Gasteiger partial charge in [0.1, 0.15) is 6.04 Å². The summed E-state index contributed by atoms with van der Waals surface area (Å²) in [6.07, 6.45) is -4.43. The maximum Gasteiger partial charge on any atom is 0.416 e. The molecule has 0 spiro atoms. The van der Waals surface area contributed by atoms with Crippen molar-refractivity contribution < 1.29 is 13.2 Å².